The fraction of sp³-hybridized carbons (Fsp3) is 0.500. The van der Waals surface area contributed by atoms with Crippen LogP contribution in [0.25, 0.3) is 10.6 Å². The molecule has 5 nitrogen and oxygen atoms in total. The van der Waals surface area contributed by atoms with Gasteiger partial charge in [-0.25, -0.2) is 9.78 Å². The van der Waals surface area contributed by atoms with Gasteiger partial charge < -0.3 is 9.72 Å². The number of nitrogens with zero attached hydrogens (tertiary/aromatic N) is 2. The van der Waals surface area contributed by atoms with Gasteiger partial charge in [0.25, 0.3) is 0 Å². The molecule has 0 saturated carbocycles. The normalized spacial score (nSPS) is 18.7. The van der Waals surface area contributed by atoms with Gasteiger partial charge in [0, 0.05) is 7.97 Å². The van der Waals surface area contributed by atoms with Gasteiger partial charge in [0.1, 0.15) is 11.4 Å². The molecular weight excluding hydrogens is 298 g/mol. The smallest absolute Gasteiger partial charge is 0.410 e. The lowest BCUT2D eigenvalue weighted by atomic mass is 10.2. The lowest BCUT2D eigenvalue weighted by Gasteiger charge is -2.27. The van der Waals surface area contributed by atoms with Crippen LogP contribution < -0.4 is 0 Å². The third-order valence-corrected chi connectivity index (χ3v) is 4.48. The molecule has 1 atom stereocenters. The van der Waals surface area contributed by atoms with E-state index >= 15 is 0 Å². The van der Waals surface area contributed by atoms with Crippen molar-refractivity contribution < 1.29 is 11.0 Å². The number of aromatic nitrogens is 2. The van der Waals surface area contributed by atoms with Crippen LogP contribution in [0.4, 0.5) is 4.79 Å². The first-order chi connectivity index (χ1) is 10.4. The second kappa shape index (κ2) is 5.76. The summed E-state index contributed by atoms with van der Waals surface area (Å²) in [5.41, 5.74) is 0.524. The number of aromatic amines is 1. The Hall–Kier alpha value is -1.82. The molecule has 1 fully saturated rings. The molecule has 0 aromatic carbocycles. The number of nitrogens with one attached hydrogen (secondary N) is 1. The quantitative estimate of drug-likeness (QED) is 0.888. The second-order valence-electron chi connectivity index (χ2n) is 6.49. The summed E-state index contributed by atoms with van der Waals surface area (Å²) in [7, 11) is 0. The van der Waals surface area contributed by atoms with Crippen LogP contribution in [0.15, 0.2) is 23.7 Å². The van der Waals surface area contributed by atoms with Gasteiger partial charge >= 0.3 is 6.09 Å². The maximum Gasteiger partial charge on any atom is 0.410 e. The van der Waals surface area contributed by atoms with Crippen molar-refractivity contribution in [2.45, 2.75) is 45.3 Å². The minimum atomic E-state index is -0.477. The molecule has 1 saturated heterocycles. The number of amides is 1. The van der Waals surface area contributed by atoms with E-state index in [9.17, 15) is 4.79 Å². The molecule has 0 bridgehead atoms. The number of ether oxygens (including phenoxy) is 1. The van der Waals surface area contributed by atoms with Crippen LogP contribution in [-0.4, -0.2) is 33.1 Å². The van der Waals surface area contributed by atoms with Gasteiger partial charge in [-0.2, -0.15) is 0 Å². The first kappa shape index (κ1) is 15.1. The van der Waals surface area contributed by atoms with Crippen molar-refractivity contribution >= 4 is 17.4 Å². The Labute approximate surface area is 135 Å². The topological polar surface area (TPSA) is 58.2 Å². The van der Waals surface area contributed by atoms with Gasteiger partial charge in [0.2, 0.25) is 0 Å². The molecule has 0 aliphatic carbocycles. The Morgan fingerprint density at radius 3 is 3.05 bits per heavy atom. The number of thiophene rings is 1. The second-order valence-corrected chi connectivity index (χ2v) is 7.44. The Kier molecular flexibility index (Phi) is 3.95. The molecule has 0 unspecified atom stereocenters. The van der Waals surface area contributed by atoms with E-state index in [0.29, 0.717) is 6.54 Å². The molecular formula is C16H23N3O2S. The van der Waals surface area contributed by atoms with Crippen molar-refractivity contribution in [1.29, 1.82) is 0 Å². The SMILES string of the molecule is CC(C)(C)OC(=O)N1CCC[C@H]1c1ncc(-c2cccs2)[nH]1.[HH]. The Bertz CT molecular complexity index is 649. The zero-order valence-electron chi connectivity index (χ0n) is 13.1. The zero-order valence-corrected chi connectivity index (χ0v) is 13.9. The molecule has 1 aliphatic rings. The molecule has 22 heavy (non-hydrogen) atoms. The summed E-state index contributed by atoms with van der Waals surface area (Å²) in [5, 5.41) is 2.04. The molecule has 0 spiro atoms. The first-order valence-corrected chi connectivity index (χ1v) is 8.40. The largest absolute Gasteiger partial charge is 0.444 e. The molecule has 0 radical (unpaired) electrons. The van der Waals surface area contributed by atoms with Crippen LogP contribution in [0.3, 0.4) is 0 Å². The van der Waals surface area contributed by atoms with Gasteiger partial charge in [-0.3, -0.25) is 4.90 Å². The highest BCUT2D eigenvalue weighted by Gasteiger charge is 2.34. The summed E-state index contributed by atoms with van der Waals surface area (Å²) < 4.78 is 5.50. The van der Waals surface area contributed by atoms with Crippen molar-refractivity contribution in [3.05, 3.63) is 29.5 Å². The van der Waals surface area contributed by atoms with E-state index in [-0.39, 0.29) is 13.6 Å². The summed E-state index contributed by atoms with van der Waals surface area (Å²) in [6.45, 7) is 6.38. The van der Waals surface area contributed by atoms with Gasteiger partial charge in [-0.15, -0.1) is 11.3 Å². The lowest BCUT2D eigenvalue weighted by Crippen LogP contribution is -2.36. The van der Waals surface area contributed by atoms with Gasteiger partial charge in [0.15, 0.2) is 0 Å². The van der Waals surface area contributed by atoms with Crippen molar-refractivity contribution in [2.24, 2.45) is 0 Å². The standard InChI is InChI=1S/C16H21N3O2S.H2/c1-16(2,3)21-15(20)19-8-4-6-12(19)14-17-10-11(18-14)13-7-5-9-22-13;/h5,7,9-10,12H,4,6,8H2,1-3H3,(H,17,18);1H/t12-;/m0./s1. The molecule has 2 aromatic heterocycles. The summed E-state index contributed by atoms with van der Waals surface area (Å²) in [5.74, 6) is 0.840. The summed E-state index contributed by atoms with van der Waals surface area (Å²) in [6.07, 6.45) is 3.46. The van der Waals surface area contributed by atoms with E-state index in [2.05, 4.69) is 16.0 Å². The minimum absolute atomic E-state index is 0. The highest BCUT2D eigenvalue weighted by molar-refractivity contribution is 7.13. The molecule has 3 heterocycles. The monoisotopic (exact) mass is 321 g/mol. The predicted octanol–water partition coefficient (Wildman–Crippen LogP) is 4.46. The average molecular weight is 321 g/mol. The van der Waals surface area contributed by atoms with Gasteiger partial charge in [-0.05, 0) is 45.1 Å². The summed E-state index contributed by atoms with van der Waals surface area (Å²) in [6, 6.07) is 4.05. The van der Waals surface area contributed by atoms with Crippen molar-refractivity contribution in [3.8, 4) is 10.6 Å². The average Bonchev–Trinajstić information content (AvgIpc) is 3.17. The van der Waals surface area contributed by atoms with Crippen LogP contribution in [0.5, 0.6) is 0 Å². The van der Waals surface area contributed by atoms with Crippen LogP contribution in [0.2, 0.25) is 0 Å². The maximum absolute atomic E-state index is 12.3. The molecule has 1 amide bonds. The zero-order chi connectivity index (χ0) is 15.7. The molecule has 1 aliphatic heterocycles. The Morgan fingerprint density at radius 1 is 1.55 bits per heavy atom. The van der Waals surface area contributed by atoms with Crippen molar-refractivity contribution in [1.82, 2.24) is 14.9 Å². The highest BCUT2D eigenvalue weighted by Crippen LogP contribution is 2.33. The summed E-state index contributed by atoms with van der Waals surface area (Å²) >= 11 is 1.67. The van der Waals surface area contributed by atoms with E-state index in [1.54, 1.807) is 16.2 Å². The maximum atomic E-state index is 12.3. The first-order valence-electron chi connectivity index (χ1n) is 7.52. The third kappa shape index (κ3) is 3.16. The van der Waals surface area contributed by atoms with E-state index in [1.807, 2.05) is 38.4 Å². The number of hydrogen-bond donors (Lipinski definition) is 1. The van der Waals surface area contributed by atoms with E-state index < -0.39 is 5.60 Å². The Morgan fingerprint density at radius 2 is 2.36 bits per heavy atom. The number of H-pyrrole nitrogens is 1. The number of carbonyl (C=O) groups excluding carboxylic acids is 1. The number of hydrogen-bond acceptors (Lipinski definition) is 4. The summed E-state index contributed by atoms with van der Waals surface area (Å²) in [4.78, 5) is 23.1. The number of rotatable bonds is 2. The van der Waals surface area contributed by atoms with E-state index in [0.717, 1.165) is 29.2 Å². The lowest BCUT2D eigenvalue weighted by molar-refractivity contribution is 0.0219. The highest BCUT2D eigenvalue weighted by atomic mass is 32.1. The van der Waals surface area contributed by atoms with Crippen LogP contribution >= 0.6 is 11.3 Å². The van der Waals surface area contributed by atoms with Gasteiger partial charge in [-0.1, -0.05) is 6.07 Å². The van der Waals surface area contributed by atoms with Crippen molar-refractivity contribution in [3.63, 3.8) is 0 Å². The van der Waals surface area contributed by atoms with Gasteiger partial charge in [0.05, 0.1) is 22.8 Å². The van der Waals surface area contributed by atoms with E-state index in [4.69, 9.17) is 4.74 Å². The fourth-order valence-electron chi connectivity index (χ4n) is 2.65. The number of likely N-dealkylation sites (tertiary alicyclic amines) is 1. The fourth-order valence-corrected chi connectivity index (χ4v) is 3.34. The molecule has 6 heteroatoms. The third-order valence-electron chi connectivity index (χ3n) is 3.58. The van der Waals surface area contributed by atoms with Crippen molar-refractivity contribution in [2.75, 3.05) is 6.54 Å². The number of carbonyl (C=O) groups is 1. The minimum Gasteiger partial charge on any atom is -0.444 e. The molecule has 1 N–H and O–H groups in total. The Balaban J connectivity index is 0.00000192. The molecule has 3 rings (SSSR count). The van der Waals surface area contributed by atoms with Crippen LogP contribution in [-0.2, 0) is 4.74 Å². The molecule has 2 aromatic rings. The van der Waals surface area contributed by atoms with Crippen LogP contribution in [0, 0.1) is 0 Å². The molecule has 120 valence electrons. The predicted molar refractivity (Wildman–Crippen MR) is 88.9 cm³/mol. The van der Waals surface area contributed by atoms with Crippen LogP contribution in [0.1, 0.15) is 46.9 Å². The number of imidazole rings is 1. The van der Waals surface area contributed by atoms with E-state index in [1.165, 1.54) is 0 Å².